The number of carbonyl (C=O) groups excluding carboxylic acids is 1. The summed E-state index contributed by atoms with van der Waals surface area (Å²) >= 11 is 7.05. The molecule has 2 aromatic heterocycles. The Bertz CT molecular complexity index is 813. The topological polar surface area (TPSA) is 81.2 Å². The summed E-state index contributed by atoms with van der Waals surface area (Å²) in [5, 5.41) is 7.40. The predicted molar refractivity (Wildman–Crippen MR) is 87.5 cm³/mol. The number of carbonyl (C=O) groups is 1. The highest BCUT2D eigenvalue weighted by atomic mass is 35.5. The quantitative estimate of drug-likeness (QED) is 0.700. The van der Waals surface area contributed by atoms with E-state index < -0.39 is 0 Å². The summed E-state index contributed by atoms with van der Waals surface area (Å²) in [7, 11) is 0. The maximum Gasteiger partial charge on any atom is 0.256 e. The van der Waals surface area contributed by atoms with E-state index in [1.54, 1.807) is 31.3 Å². The summed E-state index contributed by atoms with van der Waals surface area (Å²) in [6.07, 6.45) is 1.62. The lowest BCUT2D eigenvalue weighted by molar-refractivity contribution is -0.113. The highest BCUT2D eigenvalue weighted by Crippen LogP contribution is 2.26. The summed E-state index contributed by atoms with van der Waals surface area (Å²) < 4.78 is 10.5. The summed E-state index contributed by atoms with van der Waals surface area (Å²) in [4.78, 5) is 16.0. The van der Waals surface area contributed by atoms with Gasteiger partial charge in [-0.1, -0.05) is 28.5 Å². The molecule has 0 saturated carbocycles. The van der Waals surface area contributed by atoms with Gasteiger partial charge >= 0.3 is 0 Å². The van der Waals surface area contributed by atoms with Gasteiger partial charge in [0.25, 0.3) is 5.22 Å². The van der Waals surface area contributed by atoms with Gasteiger partial charge in [-0.15, -0.1) is 0 Å². The first-order chi connectivity index (χ1) is 11.1. The van der Waals surface area contributed by atoms with Crippen LogP contribution in [-0.2, 0) is 4.79 Å². The van der Waals surface area contributed by atoms with E-state index >= 15 is 0 Å². The van der Waals surface area contributed by atoms with E-state index in [1.807, 2.05) is 12.1 Å². The van der Waals surface area contributed by atoms with Gasteiger partial charge in [0.1, 0.15) is 5.76 Å². The second-order valence-corrected chi connectivity index (χ2v) is 6.02. The summed E-state index contributed by atoms with van der Waals surface area (Å²) in [6, 6.07) is 8.89. The Balaban J connectivity index is 1.56. The standard InChI is InChI=1S/C15H12ClN3O3S/c1-9-6-13(19-22-9)18-14(20)8-23-15-17-7-12(21-15)10-2-4-11(16)5-3-10/h2-7H,8H2,1H3,(H,18,19,20). The third kappa shape index (κ3) is 4.14. The Morgan fingerprint density at radius 3 is 2.83 bits per heavy atom. The van der Waals surface area contributed by atoms with Crippen molar-refractivity contribution in [3.8, 4) is 11.3 Å². The molecule has 1 N–H and O–H groups in total. The molecule has 0 bridgehead atoms. The smallest absolute Gasteiger partial charge is 0.256 e. The third-order valence-corrected chi connectivity index (χ3v) is 3.93. The van der Waals surface area contributed by atoms with E-state index in [0.29, 0.717) is 27.6 Å². The molecule has 8 heteroatoms. The second-order valence-electron chi connectivity index (χ2n) is 4.66. The Hall–Kier alpha value is -2.25. The molecule has 1 amide bonds. The van der Waals surface area contributed by atoms with E-state index in [-0.39, 0.29) is 11.7 Å². The van der Waals surface area contributed by atoms with Crippen molar-refractivity contribution in [2.24, 2.45) is 0 Å². The monoisotopic (exact) mass is 349 g/mol. The maximum atomic E-state index is 11.8. The van der Waals surface area contributed by atoms with E-state index in [9.17, 15) is 4.79 Å². The van der Waals surface area contributed by atoms with Crippen LogP contribution in [-0.4, -0.2) is 21.8 Å². The van der Waals surface area contributed by atoms with Crippen molar-refractivity contribution in [1.82, 2.24) is 10.1 Å². The Labute approximate surface area is 141 Å². The first-order valence-corrected chi connectivity index (χ1v) is 8.04. The lowest BCUT2D eigenvalue weighted by Crippen LogP contribution is -2.14. The molecule has 6 nitrogen and oxygen atoms in total. The Morgan fingerprint density at radius 2 is 2.13 bits per heavy atom. The number of amides is 1. The van der Waals surface area contributed by atoms with Gasteiger partial charge in [0.05, 0.1) is 11.9 Å². The highest BCUT2D eigenvalue weighted by molar-refractivity contribution is 7.99. The summed E-state index contributed by atoms with van der Waals surface area (Å²) in [5.74, 6) is 1.59. The van der Waals surface area contributed by atoms with E-state index in [1.165, 1.54) is 11.8 Å². The molecule has 3 aromatic rings. The molecule has 0 aliphatic heterocycles. The number of benzene rings is 1. The van der Waals surface area contributed by atoms with Crippen molar-refractivity contribution >= 4 is 35.1 Å². The van der Waals surface area contributed by atoms with Crippen LogP contribution in [0.2, 0.25) is 5.02 Å². The van der Waals surface area contributed by atoms with E-state index in [4.69, 9.17) is 20.5 Å². The molecule has 0 saturated heterocycles. The van der Waals surface area contributed by atoms with Gasteiger partial charge in [-0.2, -0.15) is 0 Å². The number of nitrogens with one attached hydrogen (secondary N) is 1. The summed E-state index contributed by atoms with van der Waals surface area (Å²) in [6.45, 7) is 1.75. The van der Waals surface area contributed by atoms with Crippen molar-refractivity contribution in [2.75, 3.05) is 11.1 Å². The molecule has 0 fully saturated rings. The van der Waals surface area contributed by atoms with Crippen LogP contribution in [0.15, 0.2) is 50.7 Å². The van der Waals surface area contributed by atoms with Crippen LogP contribution < -0.4 is 5.32 Å². The number of rotatable bonds is 5. The molecule has 0 spiro atoms. The highest BCUT2D eigenvalue weighted by Gasteiger charge is 2.11. The van der Waals surface area contributed by atoms with Crippen LogP contribution >= 0.6 is 23.4 Å². The number of halogens is 1. The zero-order valence-corrected chi connectivity index (χ0v) is 13.6. The van der Waals surface area contributed by atoms with Crippen LogP contribution in [0.3, 0.4) is 0 Å². The van der Waals surface area contributed by atoms with Crippen molar-refractivity contribution in [2.45, 2.75) is 12.1 Å². The molecule has 0 aliphatic carbocycles. The first-order valence-electron chi connectivity index (χ1n) is 6.68. The molecule has 2 heterocycles. The molecule has 23 heavy (non-hydrogen) atoms. The van der Waals surface area contributed by atoms with Gasteiger partial charge in [0.15, 0.2) is 11.6 Å². The van der Waals surface area contributed by atoms with Crippen molar-refractivity contribution in [1.29, 1.82) is 0 Å². The second kappa shape index (κ2) is 6.89. The lowest BCUT2D eigenvalue weighted by Gasteiger charge is -1.99. The van der Waals surface area contributed by atoms with Gasteiger partial charge in [-0.25, -0.2) is 4.98 Å². The molecule has 0 aliphatic rings. The third-order valence-electron chi connectivity index (χ3n) is 2.84. The minimum atomic E-state index is -0.213. The van der Waals surface area contributed by atoms with Crippen molar-refractivity contribution < 1.29 is 13.7 Å². The van der Waals surface area contributed by atoms with Crippen molar-refractivity contribution in [3.05, 3.63) is 47.3 Å². The van der Waals surface area contributed by atoms with Crippen LogP contribution in [0.4, 0.5) is 5.82 Å². The number of anilines is 1. The average molecular weight is 350 g/mol. The van der Waals surface area contributed by atoms with Crippen LogP contribution in [0.25, 0.3) is 11.3 Å². The Kier molecular flexibility index (Phi) is 4.68. The zero-order chi connectivity index (χ0) is 16.2. The number of aromatic nitrogens is 2. The average Bonchev–Trinajstić information content (AvgIpc) is 3.15. The maximum absolute atomic E-state index is 11.8. The SMILES string of the molecule is Cc1cc(NC(=O)CSc2ncc(-c3ccc(Cl)cc3)o2)no1. The lowest BCUT2D eigenvalue weighted by atomic mass is 10.2. The van der Waals surface area contributed by atoms with Gasteiger partial charge < -0.3 is 14.3 Å². The van der Waals surface area contributed by atoms with Gasteiger partial charge in [-0.05, 0) is 31.2 Å². The van der Waals surface area contributed by atoms with Crippen molar-refractivity contribution in [3.63, 3.8) is 0 Å². The minimum absolute atomic E-state index is 0.159. The number of hydrogen-bond donors (Lipinski definition) is 1. The fourth-order valence-corrected chi connectivity index (χ4v) is 2.53. The first kappa shape index (κ1) is 15.6. The number of thioether (sulfide) groups is 1. The van der Waals surface area contributed by atoms with Crippen LogP contribution in [0, 0.1) is 6.92 Å². The zero-order valence-electron chi connectivity index (χ0n) is 12.1. The molecule has 0 unspecified atom stereocenters. The summed E-state index contributed by atoms with van der Waals surface area (Å²) in [5.41, 5.74) is 0.872. The number of oxazole rings is 1. The molecular weight excluding hydrogens is 338 g/mol. The van der Waals surface area contributed by atoms with Gasteiger partial charge in [0, 0.05) is 16.7 Å². The molecular formula is C15H12ClN3O3S. The molecule has 1 aromatic carbocycles. The Morgan fingerprint density at radius 1 is 1.35 bits per heavy atom. The number of hydrogen-bond acceptors (Lipinski definition) is 6. The molecule has 3 rings (SSSR count). The molecule has 0 atom stereocenters. The molecule has 118 valence electrons. The number of nitrogens with zero attached hydrogens (tertiary/aromatic N) is 2. The fraction of sp³-hybridized carbons (Fsp3) is 0.133. The fourth-order valence-electron chi connectivity index (χ4n) is 1.80. The van der Waals surface area contributed by atoms with Crippen LogP contribution in [0.5, 0.6) is 0 Å². The van der Waals surface area contributed by atoms with E-state index in [0.717, 1.165) is 5.56 Å². The number of aryl methyl sites for hydroxylation is 1. The molecule has 0 radical (unpaired) electrons. The predicted octanol–water partition coefficient (Wildman–Crippen LogP) is 4.02. The van der Waals surface area contributed by atoms with Gasteiger partial charge in [0.2, 0.25) is 5.91 Å². The largest absolute Gasteiger partial charge is 0.431 e. The normalized spacial score (nSPS) is 10.7. The van der Waals surface area contributed by atoms with Crippen LogP contribution in [0.1, 0.15) is 5.76 Å². The minimum Gasteiger partial charge on any atom is -0.431 e. The van der Waals surface area contributed by atoms with E-state index in [2.05, 4.69) is 15.5 Å². The van der Waals surface area contributed by atoms with Gasteiger partial charge in [-0.3, -0.25) is 4.79 Å².